The van der Waals surface area contributed by atoms with Gasteiger partial charge in [0.2, 0.25) is 0 Å². The van der Waals surface area contributed by atoms with E-state index in [1.165, 1.54) is 10.1 Å². The molecule has 0 saturated carbocycles. The van der Waals surface area contributed by atoms with Crippen LogP contribution in [0.4, 0.5) is 34.1 Å². The van der Waals surface area contributed by atoms with Gasteiger partial charge in [-0.3, -0.25) is 9.59 Å². The van der Waals surface area contributed by atoms with Gasteiger partial charge in [-0.2, -0.15) is 0 Å². The summed E-state index contributed by atoms with van der Waals surface area (Å²) in [5.74, 6) is -0.130. The average Bonchev–Trinajstić information content (AvgIpc) is 3.86. The maximum Gasteiger partial charge on any atom is 0.294 e. The van der Waals surface area contributed by atoms with E-state index in [1.807, 2.05) is 84.9 Å². The molecular weight excluding hydrogens is 945 g/mol. The van der Waals surface area contributed by atoms with Gasteiger partial charge in [0.15, 0.2) is 11.5 Å². The van der Waals surface area contributed by atoms with Crippen LogP contribution in [-0.4, -0.2) is 47.0 Å². The predicted octanol–water partition coefficient (Wildman–Crippen LogP) is 15.3. The van der Waals surface area contributed by atoms with E-state index in [9.17, 15) is 0 Å². The Balaban J connectivity index is 1.11. The van der Waals surface area contributed by atoms with Crippen LogP contribution in [0.2, 0.25) is 0 Å². The number of hydrogen-bond donors (Lipinski definition) is 0. The number of thioether (sulfide) groups is 4. The van der Waals surface area contributed by atoms with E-state index in [4.69, 9.17) is 9.68 Å². The molecule has 0 N–H and O–H groups in total. The van der Waals surface area contributed by atoms with Gasteiger partial charge in [0.05, 0.1) is 11.1 Å². The summed E-state index contributed by atoms with van der Waals surface area (Å²) in [4.78, 5) is 52.5. The molecule has 0 fully saturated rings. The van der Waals surface area contributed by atoms with Crippen molar-refractivity contribution in [1.82, 2.24) is 10.1 Å². The Morgan fingerprint density at radius 3 is 0.814 bits per heavy atom. The number of para-hydroxylation sites is 2. The summed E-state index contributed by atoms with van der Waals surface area (Å²) in [6.45, 7) is 0. The zero-order chi connectivity index (χ0) is 48.1. The number of fused-ring (bicyclic) bond motifs is 1. The number of carbonyl (C=O) groups excluding carboxylic acids is 2. The predicted molar refractivity (Wildman–Crippen MR) is 291 cm³/mol. The van der Waals surface area contributed by atoms with Crippen LogP contribution in [0.1, 0.15) is 11.1 Å². The van der Waals surface area contributed by atoms with Crippen LogP contribution in [0.25, 0.3) is 11.4 Å². The van der Waals surface area contributed by atoms with Gasteiger partial charge >= 0.3 is 0 Å². The van der Waals surface area contributed by atoms with Crippen molar-refractivity contribution in [3.63, 3.8) is 0 Å². The van der Waals surface area contributed by atoms with E-state index in [2.05, 4.69) is 132 Å². The van der Waals surface area contributed by atoms with Crippen LogP contribution in [-0.2, 0) is 9.59 Å². The van der Waals surface area contributed by atoms with Crippen molar-refractivity contribution in [3.05, 3.63) is 229 Å². The molecule has 0 radical (unpaired) electrons. The van der Waals surface area contributed by atoms with Crippen molar-refractivity contribution in [2.45, 2.75) is 19.6 Å². The van der Waals surface area contributed by atoms with Crippen molar-refractivity contribution in [1.29, 1.82) is 0 Å². The van der Waals surface area contributed by atoms with Crippen molar-refractivity contribution in [2.75, 3.05) is 34.8 Å². The lowest BCUT2D eigenvalue weighted by molar-refractivity contribution is -0.140. The van der Waals surface area contributed by atoms with Crippen molar-refractivity contribution in [3.8, 4) is 11.5 Å². The number of carbonyl (C=O) groups is 2. The molecule has 0 unspecified atom stereocenters. The molecule has 0 spiro atoms. The summed E-state index contributed by atoms with van der Waals surface area (Å²) < 4.78 is 0. The third-order valence-corrected chi connectivity index (χ3v) is 14.9. The second kappa shape index (κ2) is 20.8. The van der Waals surface area contributed by atoms with Gasteiger partial charge in [0, 0.05) is 64.8 Å². The Hall–Kier alpha value is -7.22. The zero-order valence-electron chi connectivity index (χ0n) is 38.7. The molecule has 12 heteroatoms. The first-order valence-corrected chi connectivity index (χ1v) is 27.3. The van der Waals surface area contributed by atoms with Crippen LogP contribution in [0, 0.1) is 0 Å². The van der Waals surface area contributed by atoms with Gasteiger partial charge in [0.25, 0.3) is 11.8 Å². The van der Waals surface area contributed by atoms with Gasteiger partial charge < -0.3 is 19.5 Å². The molecule has 0 atom stereocenters. The Labute approximate surface area is 425 Å². The van der Waals surface area contributed by atoms with Gasteiger partial charge in [-0.05, 0) is 171 Å². The molecule has 8 aromatic rings. The molecule has 0 aliphatic carbocycles. The molecule has 2 aliphatic heterocycles. The molecule has 0 aromatic heterocycles. The monoisotopic (exact) mass is 990 g/mol. The quantitative estimate of drug-likeness (QED) is 0.0875. The molecule has 70 heavy (non-hydrogen) atoms. The molecule has 2 aliphatic rings. The Bertz CT molecular complexity index is 2890. The van der Waals surface area contributed by atoms with Crippen molar-refractivity contribution < 1.29 is 19.3 Å². The van der Waals surface area contributed by atoms with Crippen LogP contribution in [0.5, 0.6) is 11.5 Å². The second-order valence-electron chi connectivity index (χ2n) is 16.0. The number of anilines is 6. The minimum Gasteiger partial charge on any atom is -0.372 e. The van der Waals surface area contributed by atoms with Gasteiger partial charge in [-0.1, -0.05) is 60.7 Å². The second-order valence-corrected chi connectivity index (χ2v) is 19.5. The molecule has 2 amide bonds. The number of rotatable bonds is 16. The van der Waals surface area contributed by atoms with E-state index >= 15 is 9.59 Å². The smallest absolute Gasteiger partial charge is 0.294 e. The molecular formula is C58H46N4O4S4. The van der Waals surface area contributed by atoms with E-state index in [1.54, 1.807) is 71.3 Å². The highest BCUT2D eigenvalue weighted by molar-refractivity contribution is 7.99. The first-order valence-electron chi connectivity index (χ1n) is 22.4. The molecule has 0 saturated heterocycles. The average molecular weight is 991 g/mol. The van der Waals surface area contributed by atoms with Gasteiger partial charge in [0.1, 0.15) is 11.4 Å². The minimum atomic E-state index is -0.502. The van der Waals surface area contributed by atoms with Crippen LogP contribution < -0.4 is 19.5 Å². The first-order chi connectivity index (χ1) is 34.3. The van der Waals surface area contributed by atoms with Crippen LogP contribution >= 0.6 is 47.0 Å². The molecule has 2 heterocycles. The van der Waals surface area contributed by atoms with E-state index in [0.717, 1.165) is 53.7 Å². The van der Waals surface area contributed by atoms with E-state index in [-0.39, 0.29) is 11.1 Å². The molecule has 8 nitrogen and oxygen atoms in total. The summed E-state index contributed by atoms with van der Waals surface area (Å²) in [5, 5.41) is 2.50. The van der Waals surface area contributed by atoms with Gasteiger partial charge in [-0.25, -0.2) is 0 Å². The summed E-state index contributed by atoms with van der Waals surface area (Å²) in [5.41, 5.74) is 7.89. The molecule has 8 aromatic carbocycles. The standard InChI is InChI=1S/C58H46N4O4S4/c1-67-49-31-23-43(24-32-49)59(44-25-33-50(68-2)34-26-44)41-19-15-39(16-20-41)55-53-54(58(64)61(55)65-47-11-7-5-8-12-47)56(62(57(53)63)66-48-13-9-6-10-14-48)40-17-21-42(22-18-40)60(45-27-35-51(69-3)36-28-45)46-29-37-52(70-4)38-30-46/h5-38H,1-4H3. The Morgan fingerprint density at radius 1 is 0.329 bits per heavy atom. The normalized spacial score (nSPS) is 13.3. The van der Waals surface area contributed by atoms with Crippen molar-refractivity contribution in [2.24, 2.45) is 0 Å². The number of hydrogen-bond acceptors (Lipinski definition) is 10. The number of hydroxylamine groups is 4. The fraction of sp³-hybridized carbons (Fsp3) is 0.0690. The zero-order valence-corrected chi connectivity index (χ0v) is 42.0. The first kappa shape index (κ1) is 46.5. The van der Waals surface area contributed by atoms with E-state index < -0.39 is 11.8 Å². The van der Waals surface area contributed by atoms with Crippen LogP contribution in [0.3, 0.4) is 0 Å². The minimum absolute atomic E-state index is 0.172. The Morgan fingerprint density at radius 2 is 0.571 bits per heavy atom. The highest BCUT2D eigenvalue weighted by Crippen LogP contribution is 2.48. The highest BCUT2D eigenvalue weighted by atomic mass is 32.2. The summed E-state index contributed by atoms with van der Waals surface area (Å²) in [7, 11) is 0. The topological polar surface area (TPSA) is 65.6 Å². The lowest BCUT2D eigenvalue weighted by atomic mass is 10.0. The summed E-state index contributed by atoms with van der Waals surface area (Å²) in [6, 6.07) is 67.9. The third-order valence-electron chi connectivity index (χ3n) is 11.9. The van der Waals surface area contributed by atoms with Crippen LogP contribution in [0.15, 0.2) is 237 Å². The fourth-order valence-corrected chi connectivity index (χ4v) is 10.1. The van der Waals surface area contributed by atoms with Crippen molar-refractivity contribution >= 4 is 104 Å². The SMILES string of the molecule is CSc1ccc(N(c2ccc(SC)cc2)c2ccc(C3=C4C(=O)N(Oc5ccccc5)C(c5ccc(N(c6ccc(SC)cc6)c6ccc(SC)cc6)cc5)=C4C(=O)N3Oc3ccccc3)cc2)cc1. The maximum atomic E-state index is 15.2. The van der Waals surface area contributed by atoms with Gasteiger partial charge in [-0.15, -0.1) is 57.2 Å². The summed E-state index contributed by atoms with van der Waals surface area (Å²) in [6.07, 6.45) is 8.26. The third kappa shape index (κ3) is 9.31. The number of nitrogens with zero attached hydrogens (tertiary/aromatic N) is 4. The molecule has 0 bridgehead atoms. The molecule has 10 rings (SSSR count). The number of benzene rings is 8. The molecule has 346 valence electrons. The Kier molecular flexibility index (Phi) is 13.8. The van der Waals surface area contributed by atoms with E-state index in [0.29, 0.717) is 34.0 Å². The maximum absolute atomic E-state index is 15.2. The largest absolute Gasteiger partial charge is 0.372 e. The lowest BCUT2D eigenvalue weighted by Gasteiger charge is -2.27. The lowest BCUT2D eigenvalue weighted by Crippen LogP contribution is -2.33. The fourth-order valence-electron chi connectivity index (χ4n) is 8.49. The summed E-state index contributed by atoms with van der Waals surface area (Å²) >= 11 is 6.78. The highest BCUT2D eigenvalue weighted by Gasteiger charge is 2.52. The number of amides is 2.